The number of nitrogens with one attached hydrogen (secondary N) is 2. The van der Waals surface area contributed by atoms with Crippen LogP contribution < -0.4 is 10.6 Å². The van der Waals surface area contributed by atoms with Gasteiger partial charge in [-0.2, -0.15) is 0 Å². The van der Waals surface area contributed by atoms with Crippen molar-refractivity contribution < 1.29 is 14.0 Å². The lowest BCUT2D eigenvalue weighted by molar-refractivity contribution is -0.114. The number of fused-ring (bicyclic) bond motifs is 1. The van der Waals surface area contributed by atoms with Gasteiger partial charge >= 0.3 is 0 Å². The normalized spacial score (nSPS) is 10.6. The van der Waals surface area contributed by atoms with Gasteiger partial charge in [0.2, 0.25) is 5.91 Å². The van der Waals surface area contributed by atoms with E-state index in [9.17, 15) is 9.59 Å². The molecule has 3 aromatic rings. The molecule has 2 amide bonds. The van der Waals surface area contributed by atoms with Crippen LogP contribution in [0.25, 0.3) is 11.0 Å². The van der Waals surface area contributed by atoms with Crippen molar-refractivity contribution in [2.75, 3.05) is 10.6 Å². The molecule has 0 spiro atoms. The van der Waals surface area contributed by atoms with E-state index in [4.69, 9.17) is 27.6 Å². The average molecular weight is 363 g/mol. The molecule has 1 heterocycles. The number of carbonyl (C=O) groups excluding carboxylic acids is 2. The molecule has 24 heavy (non-hydrogen) atoms. The molecular formula is C17H12Cl2N2O3. The highest BCUT2D eigenvalue weighted by Gasteiger charge is 2.14. The number of amides is 2. The number of hydrogen-bond donors (Lipinski definition) is 2. The SMILES string of the molecule is CC(=O)Nc1ccc(Cl)c(NC(=O)c2cc3cc(Cl)ccc3o2)c1. The molecule has 0 unspecified atom stereocenters. The Hall–Kier alpha value is -2.50. The average Bonchev–Trinajstić information content (AvgIpc) is 2.93. The van der Waals surface area contributed by atoms with E-state index in [-0.39, 0.29) is 11.7 Å². The fraction of sp³-hybridized carbons (Fsp3) is 0.0588. The summed E-state index contributed by atoms with van der Waals surface area (Å²) in [5.41, 5.74) is 1.45. The van der Waals surface area contributed by atoms with Crippen molar-refractivity contribution in [2.24, 2.45) is 0 Å². The molecule has 0 saturated carbocycles. The van der Waals surface area contributed by atoms with Gasteiger partial charge in [-0.25, -0.2) is 0 Å². The molecule has 5 nitrogen and oxygen atoms in total. The Morgan fingerprint density at radius 2 is 1.79 bits per heavy atom. The van der Waals surface area contributed by atoms with Crippen LogP contribution in [0, 0.1) is 0 Å². The van der Waals surface area contributed by atoms with Gasteiger partial charge in [-0.05, 0) is 42.5 Å². The largest absolute Gasteiger partial charge is 0.451 e. The van der Waals surface area contributed by atoms with Crippen LogP contribution in [0.5, 0.6) is 0 Å². The van der Waals surface area contributed by atoms with Crippen molar-refractivity contribution in [1.82, 2.24) is 0 Å². The lowest BCUT2D eigenvalue weighted by Crippen LogP contribution is -2.12. The second kappa shape index (κ2) is 6.55. The van der Waals surface area contributed by atoms with Gasteiger partial charge < -0.3 is 15.1 Å². The molecule has 0 aliphatic rings. The molecule has 0 aliphatic carbocycles. The van der Waals surface area contributed by atoms with Crippen LogP contribution in [0.3, 0.4) is 0 Å². The van der Waals surface area contributed by atoms with Gasteiger partial charge in [-0.15, -0.1) is 0 Å². The van der Waals surface area contributed by atoms with Crippen LogP contribution in [0.2, 0.25) is 10.0 Å². The van der Waals surface area contributed by atoms with E-state index < -0.39 is 5.91 Å². The molecule has 1 aromatic heterocycles. The third-order valence-corrected chi connectivity index (χ3v) is 3.80. The lowest BCUT2D eigenvalue weighted by Gasteiger charge is -2.08. The number of furan rings is 1. The maximum Gasteiger partial charge on any atom is 0.291 e. The number of rotatable bonds is 3. The number of anilines is 2. The number of carbonyl (C=O) groups is 2. The Balaban J connectivity index is 1.86. The molecule has 0 bridgehead atoms. The summed E-state index contributed by atoms with van der Waals surface area (Å²) in [5, 5.41) is 6.92. The highest BCUT2D eigenvalue weighted by molar-refractivity contribution is 6.34. The molecule has 122 valence electrons. The molecule has 0 radical (unpaired) electrons. The Kier molecular flexibility index (Phi) is 4.46. The minimum atomic E-state index is -0.454. The quantitative estimate of drug-likeness (QED) is 0.692. The van der Waals surface area contributed by atoms with Gasteiger partial charge in [0.1, 0.15) is 5.58 Å². The van der Waals surface area contributed by atoms with Crippen LogP contribution in [0.4, 0.5) is 11.4 Å². The topological polar surface area (TPSA) is 71.3 Å². The van der Waals surface area contributed by atoms with Crippen molar-refractivity contribution in [1.29, 1.82) is 0 Å². The van der Waals surface area contributed by atoms with Crippen LogP contribution in [0.15, 0.2) is 46.9 Å². The van der Waals surface area contributed by atoms with E-state index in [2.05, 4.69) is 10.6 Å². The molecule has 0 atom stereocenters. The van der Waals surface area contributed by atoms with E-state index >= 15 is 0 Å². The van der Waals surface area contributed by atoms with Crippen molar-refractivity contribution >= 4 is 57.4 Å². The van der Waals surface area contributed by atoms with Crippen molar-refractivity contribution in [2.45, 2.75) is 6.92 Å². The Morgan fingerprint density at radius 1 is 1.00 bits per heavy atom. The molecule has 2 aromatic carbocycles. The molecule has 0 aliphatic heterocycles. The Labute approximate surface area is 147 Å². The zero-order valence-corrected chi connectivity index (χ0v) is 14.0. The molecule has 7 heteroatoms. The summed E-state index contributed by atoms with van der Waals surface area (Å²) < 4.78 is 5.51. The minimum Gasteiger partial charge on any atom is -0.451 e. The van der Waals surface area contributed by atoms with Crippen LogP contribution in [-0.4, -0.2) is 11.8 Å². The Bertz CT molecular complexity index is 950. The number of benzene rings is 2. The number of hydrogen-bond acceptors (Lipinski definition) is 3. The second-order valence-electron chi connectivity index (χ2n) is 5.12. The summed E-state index contributed by atoms with van der Waals surface area (Å²) in [5.74, 6) is -0.541. The van der Waals surface area contributed by atoms with E-state index in [0.717, 1.165) is 5.39 Å². The molecule has 3 rings (SSSR count). The molecule has 0 saturated heterocycles. The summed E-state index contributed by atoms with van der Waals surface area (Å²) in [7, 11) is 0. The van der Waals surface area contributed by atoms with Gasteiger partial charge in [-0.1, -0.05) is 23.2 Å². The second-order valence-corrected chi connectivity index (χ2v) is 5.97. The summed E-state index contributed by atoms with van der Waals surface area (Å²) >= 11 is 12.0. The highest BCUT2D eigenvalue weighted by Crippen LogP contribution is 2.28. The zero-order chi connectivity index (χ0) is 17.3. The van der Waals surface area contributed by atoms with Crippen LogP contribution in [-0.2, 0) is 4.79 Å². The van der Waals surface area contributed by atoms with Gasteiger partial charge in [0.05, 0.1) is 10.7 Å². The van der Waals surface area contributed by atoms with E-state index in [0.29, 0.717) is 27.0 Å². The summed E-state index contributed by atoms with van der Waals surface area (Å²) in [6.07, 6.45) is 0. The standard InChI is InChI=1S/C17H12Cl2N2O3/c1-9(22)20-12-3-4-13(19)14(8-12)21-17(23)16-7-10-6-11(18)2-5-15(10)24-16/h2-8H,1H3,(H,20,22)(H,21,23). The number of halogens is 2. The predicted octanol–water partition coefficient (Wildman–Crippen LogP) is 4.95. The van der Waals surface area contributed by atoms with Crippen molar-refractivity contribution in [3.05, 3.63) is 58.3 Å². The maximum absolute atomic E-state index is 12.4. The smallest absolute Gasteiger partial charge is 0.291 e. The lowest BCUT2D eigenvalue weighted by atomic mass is 10.2. The fourth-order valence-corrected chi connectivity index (χ4v) is 2.56. The van der Waals surface area contributed by atoms with Gasteiger partial charge in [-0.3, -0.25) is 9.59 Å². The summed E-state index contributed by atoms with van der Waals surface area (Å²) in [4.78, 5) is 23.5. The van der Waals surface area contributed by atoms with Crippen LogP contribution >= 0.6 is 23.2 Å². The third kappa shape index (κ3) is 3.53. The first-order valence-corrected chi connectivity index (χ1v) is 7.75. The first-order chi connectivity index (χ1) is 11.4. The third-order valence-electron chi connectivity index (χ3n) is 3.24. The summed E-state index contributed by atoms with van der Waals surface area (Å²) in [6.45, 7) is 1.40. The first-order valence-electron chi connectivity index (χ1n) is 7.00. The zero-order valence-electron chi connectivity index (χ0n) is 12.5. The van der Waals surface area contributed by atoms with Gasteiger partial charge in [0.15, 0.2) is 5.76 Å². The maximum atomic E-state index is 12.4. The first kappa shape index (κ1) is 16.4. The van der Waals surface area contributed by atoms with E-state index in [1.165, 1.54) is 6.92 Å². The van der Waals surface area contributed by atoms with E-state index in [1.807, 2.05) is 0 Å². The highest BCUT2D eigenvalue weighted by atomic mass is 35.5. The fourth-order valence-electron chi connectivity index (χ4n) is 2.21. The molecular weight excluding hydrogens is 351 g/mol. The predicted molar refractivity (Wildman–Crippen MR) is 94.9 cm³/mol. The minimum absolute atomic E-state index is 0.133. The van der Waals surface area contributed by atoms with Crippen molar-refractivity contribution in [3.63, 3.8) is 0 Å². The molecule has 0 fully saturated rings. The van der Waals surface area contributed by atoms with E-state index in [1.54, 1.807) is 42.5 Å². The molecule has 2 N–H and O–H groups in total. The van der Waals surface area contributed by atoms with Crippen molar-refractivity contribution in [3.8, 4) is 0 Å². The Morgan fingerprint density at radius 3 is 2.54 bits per heavy atom. The van der Waals surface area contributed by atoms with Gasteiger partial charge in [0, 0.05) is 23.0 Å². The van der Waals surface area contributed by atoms with Crippen LogP contribution in [0.1, 0.15) is 17.5 Å². The monoisotopic (exact) mass is 362 g/mol. The van der Waals surface area contributed by atoms with Gasteiger partial charge in [0.25, 0.3) is 5.91 Å². The summed E-state index contributed by atoms with van der Waals surface area (Å²) in [6, 6.07) is 11.5.